The van der Waals surface area contributed by atoms with Gasteiger partial charge in [-0.15, -0.1) is 0 Å². The van der Waals surface area contributed by atoms with E-state index in [1.807, 2.05) is 0 Å². The lowest BCUT2D eigenvalue weighted by molar-refractivity contribution is 0.371. The molecule has 29 heavy (non-hydrogen) atoms. The summed E-state index contributed by atoms with van der Waals surface area (Å²) in [6.45, 7) is 3.55. The Morgan fingerprint density at radius 2 is 1.66 bits per heavy atom. The number of benzene rings is 2. The zero-order valence-electron chi connectivity index (χ0n) is 17.6. The second-order valence-corrected chi connectivity index (χ2v) is 9.51. The number of rotatable bonds is 14. The summed E-state index contributed by atoms with van der Waals surface area (Å²) in [6, 6.07) is 12.8. The normalized spacial score (nSPS) is 12.2. The van der Waals surface area contributed by atoms with Gasteiger partial charge in [-0.1, -0.05) is 87.6 Å². The molecular formula is C24H36NO3P. The van der Waals surface area contributed by atoms with Gasteiger partial charge in [0.2, 0.25) is 0 Å². The summed E-state index contributed by atoms with van der Waals surface area (Å²) in [5.74, 6) is 0. The first kappa shape index (κ1) is 23.8. The molecular weight excluding hydrogens is 381 g/mol. The van der Waals surface area contributed by atoms with Gasteiger partial charge < -0.3 is 15.1 Å². The van der Waals surface area contributed by atoms with Gasteiger partial charge in [0, 0.05) is 6.54 Å². The fourth-order valence-corrected chi connectivity index (χ4v) is 4.14. The van der Waals surface area contributed by atoms with Gasteiger partial charge in [0.1, 0.15) is 0 Å². The van der Waals surface area contributed by atoms with E-state index in [-0.39, 0.29) is 6.16 Å². The van der Waals surface area contributed by atoms with Crippen molar-refractivity contribution in [1.29, 1.82) is 0 Å². The van der Waals surface area contributed by atoms with Crippen LogP contribution in [0, 0.1) is 0 Å². The van der Waals surface area contributed by atoms with E-state index in [1.54, 1.807) is 0 Å². The maximum atomic E-state index is 10.9. The number of unbranched alkanes of at least 4 members (excludes halogenated alkanes) is 6. The lowest BCUT2D eigenvalue weighted by Crippen LogP contribution is -2.16. The fourth-order valence-electron chi connectivity index (χ4n) is 3.57. The maximum absolute atomic E-state index is 10.9. The van der Waals surface area contributed by atoms with Crippen molar-refractivity contribution in [2.75, 3.05) is 12.7 Å². The molecule has 0 bridgehead atoms. The van der Waals surface area contributed by atoms with Crippen LogP contribution in [0.5, 0.6) is 0 Å². The highest BCUT2D eigenvalue weighted by Crippen LogP contribution is 2.34. The minimum atomic E-state index is -3.89. The SMILES string of the molecule is CCCCCCCC/C=C/c1ccc(CNCCCP(=O)(O)O)c2ccccc12. The van der Waals surface area contributed by atoms with Gasteiger partial charge in [-0.2, -0.15) is 0 Å². The Balaban J connectivity index is 1.89. The van der Waals surface area contributed by atoms with Crippen LogP contribution >= 0.6 is 7.60 Å². The van der Waals surface area contributed by atoms with Gasteiger partial charge >= 0.3 is 7.60 Å². The van der Waals surface area contributed by atoms with Crippen LogP contribution < -0.4 is 5.32 Å². The van der Waals surface area contributed by atoms with Crippen molar-refractivity contribution in [2.45, 2.75) is 64.8 Å². The first-order valence-electron chi connectivity index (χ1n) is 10.9. The van der Waals surface area contributed by atoms with Crippen molar-refractivity contribution in [3.8, 4) is 0 Å². The summed E-state index contributed by atoms with van der Waals surface area (Å²) >= 11 is 0. The zero-order chi connectivity index (χ0) is 21.0. The summed E-state index contributed by atoms with van der Waals surface area (Å²) in [4.78, 5) is 17.9. The summed E-state index contributed by atoms with van der Waals surface area (Å²) in [5, 5.41) is 5.79. The quantitative estimate of drug-likeness (QED) is 0.251. The van der Waals surface area contributed by atoms with Crippen molar-refractivity contribution >= 4 is 24.4 Å². The Morgan fingerprint density at radius 3 is 2.41 bits per heavy atom. The topological polar surface area (TPSA) is 69.6 Å². The van der Waals surface area contributed by atoms with Crippen molar-refractivity contribution in [2.24, 2.45) is 0 Å². The second-order valence-electron chi connectivity index (χ2n) is 7.74. The maximum Gasteiger partial charge on any atom is 0.325 e. The first-order chi connectivity index (χ1) is 14.0. The number of nitrogens with one attached hydrogen (secondary N) is 1. The number of allylic oxidation sites excluding steroid dienone is 1. The van der Waals surface area contributed by atoms with Crippen molar-refractivity contribution in [1.82, 2.24) is 5.32 Å². The van der Waals surface area contributed by atoms with Crippen LogP contribution in [0.3, 0.4) is 0 Å². The molecule has 160 valence electrons. The highest BCUT2D eigenvalue weighted by Gasteiger charge is 2.11. The zero-order valence-corrected chi connectivity index (χ0v) is 18.5. The van der Waals surface area contributed by atoms with Gasteiger partial charge in [0.05, 0.1) is 6.16 Å². The van der Waals surface area contributed by atoms with Gasteiger partial charge in [-0.25, -0.2) is 0 Å². The molecule has 2 rings (SSSR count). The fraction of sp³-hybridized carbons (Fsp3) is 0.500. The average molecular weight is 418 g/mol. The molecule has 0 atom stereocenters. The van der Waals surface area contributed by atoms with E-state index in [1.165, 1.54) is 60.4 Å². The number of fused-ring (bicyclic) bond motifs is 1. The van der Waals surface area contributed by atoms with E-state index in [4.69, 9.17) is 9.79 Å². The summed E-state index contributed by atoms with van der Waals surface area (Å²) < 4.78 is 10.9. The molecule has 0 saturated carbocycles. The molecule has 0 aliphatic carbocycles. The highest BCUT2D eigenvalue weighted by molar-refractivity contribution is 7.51. The molecule has 0 radical (unpaired) electrons. The molecule has 0 aliphatic rings. The van der Waals surface area contributed by atoms with Crippen molar-refractivity contribution in [3.05, 3.63) is 53.6 Å². The summed E-state index contributed by atoms with van der Waals surface area (Å²) in [6.07, 6.45) is 14.0. The largest absolute Gasteiger partial charge is 0.325 e. The van der Waals surface area contributed by atoms with E-state index in [0.717, 1.165) is 6.42 Å². The Morgan fingerprint density at radius 1 is 0.931 bits per heavy atom. The molecule has 0 spiro atoms. The third kappa shape index (κ3) is 9.27. The van der Waals surface area contributed by atoms with Crippen molar-refractivity contribution < 1.29 is 14.4 Å². The second kappa shape index (κ2) is 13.0. The van der Waals surface area contributed by atoms with Crippen LogP contribution in [0.15, 0.2) is 42.5 Å². The lowest BCUT2D eigenvalue weighted by Gasteiger charge is -2.11. The molecule has 3 N–H and O–H groups in total. The summed E-state index contributed by atoms with van der Waals surface area (Å²) in [7, 11) is -3.89. The predicted molar refractivity (Wildman–Crippen MR) is 124 cm³/mol. The van der Waals surface area contributed by atoms with E-state index < -0.39 is 7.60 Å². The molecule has 0 fully saturated rings. The van der Waals surface area contributed by atoms with E-state index in [2.05, 4.69) is 60.8 Å². The minimum absolute atomic E-state index is 0.0664. The third-order valence-corrected chi connectivity index (χ3v) is 6.09. The van der Waals surface area contributed by atoms with Gasteiger partial charge in [-0.05, 0) is 47.7 Å². The van der Waals surface area contributed by atoms with E-state index in [0.29, 0.717) is 19.5 Å². The Labute approximate surface area is 175 Å². The molecule has 5 heteroatoms. The van der Waals surface area contributed by atoms with Crippen LogP contribution in [-0.2, 0) is 11.1 Å². The smallest absolute Gasteiger partial charge is 0.324 e. The Bertz CT molecular complexity index is 813. The van der Waals surface area contributed by atoms with Crippen LogP contribution in [0.2, 0.25) is 0 Å². The van der Waals surface area contributed by atoms with Gasteiger partial charge in [-0.3, -0.25) is 4.57 Å². The molecule has 4 nitrogen and oxygen atoms in total. The average Bonchev–Trinajstić information content (AvgIpc) is 2.70. The van der Waals surface area contributed by atoms with E-state index >= 15 is 0 Å². The number of hydrogen-bond donors (Lipinski definition) is 3. The molecule has 2 aromatic rings. The molecule has 0 heterocycles. The molecule has 0 aromatic heterocycles. The van der Waals surface area contributed by atoms with Gasteiger partial charge in [0.15, 0.2) is 0 Å². The summed E-state index contributed by atoms with van der Waals surface area (Å²) in [5.41, 5.74) is 2.46. The van der Waals surface area contributed by atoms with Crippen molar-refractivity contribution in [3.63, 3.8) is 0 Å². The standard InChI is InChI=1S/C24H36NO3P/c1-2-3-4-5-6-7-8-9-13-21-16-17-22(24-15-11-10-14-23(21)24)20-25-18-12-19-29(26,27)28/h9-11,13-17,25H,2-8,12,18-20H2,1H3,(H2,26,27,28)/b13-9+. The monoisotopic (exact) mass is 417 g/mol. The molecule has 0 saturated heterocycles. The van der Waals surface area contributed by atoms with Crippen LogP contribution in [0.1, 0.15) is 69.4 Å². The van der Waals surface area contributed by atoms with Gasteiger partial charge in [0.25, 0.3) is 0 Å². The Hall–Kier alpha value is -1.45. The molecule has 0 unspecified atom stereocenters. The molecule has 2 aromatic carbocycles. The van der Waals surface area contributed by atoms with Crippen LogP contribution in [-0.4, -0.2) is 22.5 Å². The predicted octanol–water partition coefficient (Wildman–Crippen LogP) is 6.26. The number of hydrogen-bond acceptors (Lipinski definition) is 2. The Kier molecular flexibility index (Phi) is 10.7. The van der Waals surface area contributed by atoms with Crippen LogP contribution in [0.25, 0.3) is 16.8 Å². The molecule has 0 amide bonds. The minimum Gasteiger partial charge on any atom is -0.324 e. The third-order valence-electron chi connectivity index (χ3n) is 5.19. The first-order valence-corrected chi connectivity index (χ1v) is 12.7. The molecule has 0 aliphatic heterocycles. The lowest BCUT2D eigenvalue weighted by atomic mass is 9.98. The van der Waals surface area contributed by atoms with E-state index in [9.17, 15) is 4.57 Å². The highest BCUT2D eigenvalue weighted by atomic mass is 31.2. The van der Waals surface area contributed by atoms with Crippen LogP contribution in [0.4, 0.5) is 0 Å².